The molecular weight excluding hydrogens is 393 g/mol. The molecule has 2 heterocycles. The van der Waals surface area contributed by atoms with E-state index in [0.29, 0.717) is 20.9 Å². The summed E-state index contributed by atoms with van der Waals surface area (Å²) in [7, 11) is -3.15. The number of nitriles is 1. The van der Waals surface area contributed by atoms with Crippen molar-refractivity contribution in [2.24, 2.45) is 4.99 Å². The van der Waals surface area contributed by atoms with Crippen molar-refractivity contribution in [1.29, 1.82) is 5.26 Å². The van der Waals surface area contributed by atoms with Crippen LogP contribution in [0.4, 0.5) is 5.69 Å². The Morgan fingerprint density at radius 2 is 2.17 bits per heavy atom. The van der Waals surface area contributed by atoms with Crippen LogP contribution in [0.25, 0.3) is 0 Å². The zero-order valence-electron chi connectivity index (χ0n) is 12.1. The van der Waals surface area contributed by atoms with Crippen molar-refractivity contribution in [3.8, 4) is 6.07 Å². The van der Waals surface area contributed by atoms with Gasteiger partial charge in [-0.05, 0) is 18.2 Å². The molecule has 2 fully saturated rings. The van der Waals surface area contributed by atoms with E-state index >= 15 is 0 Å². The Balaban J connectivity index is 2.05. The second kappa shape index (κ2) is 6.56. The fourth-order valence-electron chi connectivity index (χ4n) is 2.74. The number of benzene rings is 1. The van der Waals surface area contributed by atoms with Crippen LogP contribution in [0.3, 0.4) is 0 Å². The third-order valence-corrected chi connectivity index (χ3v) is 7.43. The third-order valence-electron chi connectivity index (χ3n) is 3.69. The molecule has 0 unspecified atom stereocenters. The van der Waals surface area contributed by atoms with E-state index in [1.54, 1.807) is 29.2 Å². The molecule has 6 nitrogen and oxygen atoms in total. The molecule has 0 saturated carbocycles. The van der Waals surface area contributed by atoms with Gasteiger partial charge in [-0.3, -0.25) is 4.79 Å². The van der Waals surface area contributed by atoms with Crippen molar-refractivity contribution >= 4 is 61.6 Å². The van der Waals surface area contributed by atoms with Gasteiger partial charge in [0, 0.05) is 10.3 Å². The predicted octanol–water partition coefficient (Wildman–Crippen LogP) is 2.51. The Bertz CT molecular complexity index is 880. The number of thioether (sulfide) groups is 1. The minimum Gasteiger partial charge on any atom is -0.314 e. The van der Waals surface area contributed by atoms with Crippen LogP contribution in [-0.4, -0.2) is 42.3 Å². The Kier molecular flexibility index (Phi) is 4.80. The number of hydrogen-bond acceptors (Lipinski definition) is 5. The van der Waals surface area contributed by atoms with Gasteiger partial charge < -0.3 is 4.90 Å². The summed E-state index contributed by atoms with van der Waals surface area (Å²) >= 11 is 13.4. The Morgan fingerprint density at radius 3 is 2.83 bits per heavy atom. The van der Waals surface area contributed by atoms with E-state index in [0.717, 1.165) is 0 Å². The first-order valence-electron chi connectivity index (χ1n) is 6.90. The number of hydrogen-bond donors (Lipinski definition) is 0. The number of carbonyl (C=O) groups excluding carboxylic acids is 1. The molecule has 2 saturated heterocycles. The molecule has 0 aliphatic carbocycles. The molecule has 2 aliphatic rings. The smallest absolute Gasteiger partial charge is 0.262 e. The molecule has 126 valence electrons. The van der Waals surface area contributed by atoms with E-state index in [-0.39, 0.29) is 29.2 Å². The molecule has 2 atom stereocenters. The average Bonchev–Trinajstić information content (AvgIpc) is 2.91. The van der Waals surface area contributed by atoms with E-state index in [1.165, 1.54) is 11.8 Å². The summed E-state index contributed by atoms with van der Waals surface area (Å²) in [4.78, 5) is 17.4. The lowest BCUT2D eigenvalue weighted by Crippen LogP contribution is -2.37. The lowest BCUT2D eigenvalue weighted by molar-refractivity contribution is -0.116. The highest BCUT2D eigenvalue weighted by atomic mass is 35.5. The number of aliphatic imine (C=N–C) groups is 1. The minimum atomic E-state index is -3.15. The largest absolute Gasteiger partial charge is 0.314 e. The van der Waals surface area contributed by atoms with Crippen LogP contribution in [0, 0.1) is 11.3 Å². The lowest BCUT2D eigenvalue weighted by Gasteiger charge is -2.25. The minimum absolute atomic E-state index is 0.0233. The van der Waals surface area contributed by atoms with Crippen LogP contribution < -0.4 is 4.90 Å². The molecule has 2 aliphatic heterocycles. The fourth-order valence-corrected chi connectivity index (χ4v) is 7.16. The van der Waals surface area contributed by atoms with E-state index in [2.05, 4.69) is 4.99 Å². The second-order valence-corrected chi connectivity index (χ2v) is 9.59. The van der Waals surface area contributed by atoms with Crippen molar-refractivity contribution in [1.82, 2.24) is 0 Å². The molecule has 3 rings (SSSR count). The molecule has 0 aromatic heterocycles. The molecule has 1 aromatic carbocycles. The van der Waals surface area contributed by atoms with Gasteiger partial charge in [-0.25, -0.2) is 8.42 Å². The van der Waals surface area contributed by atoms with Gasteiger partial charge in [-0.2, -0.15) is 10.3 Å². The SMILES string of the molecule is N#CCC(=O)N=C1S[C@@H]2CS(=O)(=O)C[C@@H]2N1c1ccc(Cl)cc1Cl. The highest BCUT2D eigenvalue weighted by Gasteiger charge is 2.49. The molecule has 0 N–H and O–H groups in total. The third kappa shape index (κ3) is 3.40. The lowest BCUT2D eigenvalue weighted by atomic mass is 10.2. The summed E-state index contributed by atoms with van der Waals surface area (Å²) in [5, 5.41) is 9.55. The van der Waals surface area contributed by atoms with Crippen molar-refractivity contribution in [3.63, 3.8) is 0 Å². The number of sulfone groups is 1. The van der Waals surface area contributed by atoms with Crippen molar-refractivity contribution < 1.29 is 13.2 Å². The summed E-state index contributed by atoms with van der Waals surface area (Å²) in [5.41, 5.74) is 0.543. The molecule has 0 spiro atoms. The maximum atomic E-state index is 11.9. The summed E-state index contributed by atoms with van der Waals surface area (Å²) < 4.78 is 23.9. The first-order chi connectivity index (χ1) is 11.3. The number of fused-ring (bicyclic) bond motifs is 1. The fraction of sp³-hybridized carbons (Fsp3) is 0.357. The van der Waals surface area contributed by atoms with Crippen molar-refractivity contribution in [2.45, 2.75) is 17.7 Å². The number of carbonyl (C=O) groups is 1. The topological polar surface area (TPSA) is 90.6 Å². The number of amides is 1. The average molecular weight is 404 g/mol. The number of nitrogens with zero attached hydrogens (tertiary/aromatic N) is 3. The van der Waals surface area contributed by atoms with Gasteiger partial charge in [0.1, 0.15) is 6.42 Å². The number of rotatable bonds is 2. The number of anilines is 1. The molecular formula is C14H11Cl2N3O3S2. The Labute approximate surface area is 153 Å². The second-order valence-electron chi connectivity index (χ2n) is 5.39. The summed E-state index contributed by atoms with van der Waals surface area (Å²) in [6.07, 6.45) is -0.333. The first-order valence-corrected chi connectivity index (χ1v) is 10.4. The van der Waals surface area contributed by atoms with Gasteiger partial charge in [-0.15, -0.1) is 0 Å². The molecule has 10 heteroatoms. The van der Waals surface area contributed by atoms with Crippen molar-refractivity contribution in [3.05, 3.63) is 28.2 Å². The zero-order valence-corrected chi connectivity index (χ0v) is 15.3. The standard InChI is InChI=1S/C14H11Cl2N3O3S2/c15-8-1-2-10(9(16)5-8)19-11-6-24(21,22)7-12(11)23-14(19)18-13(20)3-4-17/h1-2,5,11-12H,3,6-7H2/t11-,12+/m0/s1. The van der Waals surface area contributed by atoms with Crippen LogP contribution in [0.5, 0.6) is 0 Å². The monoisotopic (exact) mass is 403 g/mol. The maximum Gasteiger partial charge on any atom is 0.262 e. The molecule has 1 amide bonds. The van der Waals surface area contributed by atoms with Gasteiger partial charge >= 0.3 is 0 Å². The highest BCUT2D eigenvalue weighted by Crippen LogP contribution is 2.43. The van der Waals surface area contributed by atoms with E-state index in [9.17, 15) is 13.2 Å². The summed E-state index contributed by atoms with van der Waals surface area (Å²) in [6, 6.07) is 6.26. The van der Waals surface area contributed by atoms with Crippen LogP contribution in [0.15, 0.2) is 23.2 Å². The molecule has 1 aromatic rings. The number of amidine groups is 1. The van der Waals surface area contributed by atoms with Gasteiger partial charge in [0.25, 0.3) is 5.91 Å². The molecule has 24 heavy (non-hydrogen) atoms. The van der Waals surface area contributed by atoms with Crippen LogP contribution in [-0.2, 0) is 14.6 Å². The Hall–Kier alpha value is -1.27. The Morgan fingerprint density at radius 1 is 1.42 bits per heavy atom. The van der Waals surface area contributed by atoms with E-state index in [4.69, 9.17) is 28.5 Å². The quantitative estimate of drug-likeness (QED) is 0.753. The maximum absolute atomic E-state index is 11.9. The summed E-state index contributed by atoms with van der Waals surface area (Å²) in [5.74, 6) is -0.581. The number of halogens is 2. The normalized spacial score (nSPS) is 26.4. The van der Waals surface area contributed by atoms with E-state index < -0.39 is 15.7 Å². The van der Waals surface area contributed by atoms with Gasteiger partial charge in [0.15, 0.2) is 15.0 Å². The van der Waals surface area contributed by atoms with Gasteiger partial charge in [0.2, 0.25) is 0 Å². The zero-order chi connectivity index (χ0) is 17.5. The van der Waals surface area contributed by atoms with Gasteiger partial charge in [0.05, 0.1) is 34.3 Å². The first kappa shape index (κ1) is 17.5. The van der Waals surface area contributed by atoms with Crippen molar-refractivity contribution in [2.75, 3.05) is 16.4 Å². The van der Waals surface area contributed by atoms with Crippen LogP contribution in [0.1, 0.15) is 6.42 Å². The van der Waals surface area contributed by atoms with E-state index in [1.807, 2.05) is 0 Å². The van der Waals surface area contributed by atoms with Crippen LogP contribution >= 0.6 is 35.0 Å². The molecule has 0 radical (unpaired) electrons. The predicted molar refractivity (Wildman–Crippen MR) is 95.4 cm³/mol. The summed E-state index contributed by atoms with van der Waals surface area (Å²) in [6.45, 7) is 0. The van der Waals surface area contributed by atoms with Gasteiger partial charge in [-0.1, -0.05) is 35.0 Å². The van der Waals surface area contributed by atoms with Crippen LogP contribution in [0.2, 0.25) is 10.0 Å². The molecule has 0 bridgehead atoms. The highest BCUT2D eigenvalue weighted by molar-refractivity contribution is 8.16.